The molecule has 30 heavy (non-hydrogen) atoms. The Bertz CT molecular complexity index is 934. The van der Waals surface area contributed by atoms with E-state index >= 15 is 0 Å². The number of para-hydroxylation sites is 1. The molecule has 2 aromatic carbocycles. The van der Waals surface area contributed by atoms with Crippen molar-refractivity contribution >= 4 is 27.5 Å². The highest BCUT2D eigenvalue weighted by molar-refractivity contribution is 7.18. The summed E-state index contributed by atoms with van der Waals surface area (Å²) in [6.45, 7) is 6.66. The molecule has 0 saturated carbocycles. The predicted molar refractivity (Wildman–Crippen MR) is 119 cm³/mol. The molecule has 1 aromatic heterocycles. The molecular formula is C23H30N4O2S+2. The second-order valence-electron chi connectivity index (χ2n) is 8.02. The molecule has 3 N–H and O–H groups in total. The van der Waals surface area contributed by atoms with E-state index < -0.39 is 0 Å². The van der Waals surface area contributed by atoms with Crippen molar-refractivity contribution in [3.05, 3.63) is 64.7 Å². The van der Waals surface area contributed by atoms with E-state index in [0.29, 0.717) is 13.1 Å². The topological polar surface area (TPSA) is 60.1 Å². The number of likely N-dealkylation sites (N-methyl/N-ethyl adjacent to an activating group) is 1. The van der Waals surface area contributed by atoms with Crippen LogP contribution in [-0.4, -0.2) is 50.8 Å². The van der Waals surface area contributed by atoms with Gasteiger partial charge in [0, 0.05) is 12.1 Å². The number of hydrogen-bond acceptors (Lipinski definition) is 4. The number of ether oxygens (including phenoxy) is 1. The van der Waals surface area contributed by atoms with Crippen molar-refractivity contribution in [1.82, 2.24) is 10.3 Å². The number of thiazole rings is 1. The molecule has 1 fully saturated rings. The standard InChI is InChI=1S/C23H28N4O2S/c1-26(17-23-25-20-4-2-3-5-21(20)30-23)16-22(28)24-14-18-6-8-19(9-7-18)15-27-10-12-29-13-11-27/h2-9H,10-17H2,1H3,(H,24,28)/p+2. The number of quaternary nitrogens is 2. The van der Waals surface area contributed by atoms with Gasteiger partial charge in [0.2, 0.25) is 0 Å². The van der Waals surface area contributed by atoms with E-state index in [2.05, 4.69) is 40.6 Å². The van der Waals surface area contributed by atoms with Crippen LogP contribution in [0.15, 0.2) is 48.5 Å². The van der Waals surface area contributed by atoms with Crippen LogP contribution in [-0.2, 0) is 29.2 Å². The molecule has 1 atom stereocenters. The molecule has 1 saturated heterocycles. The Morgan fingerprint density at radius 1 is 1.13 bits per heavy atom. The zero-order valence-corrected chi connectivity index (χ0v) is 18.3. The molecular weight excluding hydrogens is 396 g/mol. The number of carbonyl (C=O) groups excluding carboxylic acids is 1. The minimum atomic E-state index is 0.0652. The van der Waals surface area contributed by atoms with Crippen LogP contribution in [0.2, 0.25) is 0 Å². The van der Waals surface area contributed by atoms with Crippen molar-refractivity contribution in [3.8, 4) is 0 Å². The van der Waals surface area contributed by atoms with Crippen molar-refractivity contribution in [1.29, 1.82) is 0 Å². The van der Waals surface area contributed by atoms with Gasteiger partial charge in [-0.05, 0) is 17.7 Å². The summed E-state index contributed by atoms with van der Waals surface area (Å²) in [4.78, 5) is 19.7. The van der Waals surface area contributed by atoms with Crippen LogP contribution in [0.3, 0.4) is 0 Å². The molecule has 0 bridgehead atoms. The molecule has 7 heteroatoms. The summed E-state index contributed by atoms with van der Waals surface area (Å²) in [7, 11) is 2.04. The first-order valence-corrected chi connectivity index (χ1v) is 11.4. The van der Waals surface area contributed by atoms with Gasteiger partial charge < -0.3 is 19.9 Å². The molecule has 3 aromatic rings. The zero-order chi connectivity index (χ0) is 20.8. The Labute approximate surface area is 181 Å². The third kappa shape index (κ3) is 5.86. The summed E-state index contributed by atoms with van der Waals surface area (Å²) < 4.78 is 6.62. The Morgan fingerprint density at radius 2 is 1.87 bits per heavy atom. The number of hydrogen-bond donors (Lipinski definition) is 3. The van der Waals surface area contributed by atoms with E-state index in [1.54, 1.807) is 16.2 Å². The van der Waals surface area contributed by atoms with Crippen LogP contribution >= 0.6 is 11.3 Å². The summed E-state index contributed by atoms with van der Waals surface area (Å²) >= 11 is 1.70. The summed E-state index contributed by atoms with van der Waals surface area (Å²) in [5.74, 6) is 0.0652. The second-order valence-corrected chi connectivity index (χ2v) is 9.13. The fraction of sp³-hybridized carbons (Fsp3) is 0.391. The lowest BCUT2D eigenvalue weighted by atomic mass is 10.1. The Kier molecular flexibility index (Phi) is 7.07. The molecule has 6 nitrogen and oxygen atoms in total. The van der Waals surface area contributed by atoms with Crippen LogP contribution < -0.4 is 15.1 Å². The average Bonchev–Trinajstić information content (AvgIpc) is 3.16. The van der Waals surface area contributed by atoms with Crippen LogP contribution in [0.1, 0.15) is 16.1 Å². The molecule has 0 aliphatic carbocycles. The first-order valence-electron chi connectivity index (χ1n) is 10.6. The van der Waals surface area contributed by atoms with E-state index in [1.165, 1.54) is 10.3 Å². The summed E-state index contributed by atoms with van der Waals surface area (Å²) in [5.41, 5.74) is 3.50. The second kappa shape index (κ2) is 10.1. The van der Waals surface area contributed by atoms with Gasteiger partial charge in [-0.2, -0.15) is 0 Å². The van der Waals surface area contributed by atoms with Gasteiger partial charge >= 0.3 is 0 Å². The number of benzene rings is 2. The maximum Gasteiger partial charge on any atom is 0.275 e. The SMILES string of the molecule is C[NH+](CC(=O)NCc1ccc(C[NH+]2CCOCC2)cc1)Cc1nc2ccccc2s1. The molecule has 1 aliphatic rings. The molecule has 2 heterocycles. The maximum absolute atomic E-state index is 12.4. The fourth-order valence-electron chi connectivity index (χ4n) is 3.75. The molecule has 0 radical (unpaired) electrons. The third-order valence-electron chi connectivity index (χ3n) is 5.42. The number of nitrogens with one attached hydrogen (secondary N) is 3. The van der Waals surface area contributed by atoms with E-state index in [-0.39, 0.29) is 5.91 Å². The van der Waals surface area contributed by atoms with Crippen LogP contribution in [0.4, 0.5) is 0 Å². The molecule has 1 aliphatic heterocycles. The first-order chi connectivity index (χ1) is 14.7. The molecule has 4 rings (SSSR count). The van der Waals surface area contributed by atoms with Crippen LogP contribution in [0, 0.1) is 0 Å². The van der Waals surface area contributed by atoms with Gasteiger partial charge in [0.15, 0.2) is 6.54 Å². The number of nitrogens with zero attached hydrogens (tertiary/aromatic N) is 1. The van der Waals surface area contributed by atoms with E-state index in [0.717, 1.165) is 60.4 Å². The molecule has 0 spiro atoms. The number of morpholine rings is 1. The van der Waals surface area contributed by atoms with Crippen molar-refractivity contribution in [2.45, 2.75) is 19.6 Å². The third-order valence-corrected chi connectivity index (χ3v) is 6.46. The highest BCUT2D eigenvalue weighted by atomic mass is 32.1. The summed E-state index contributed by atoms with van der Waals surface area (Å²) in [6, 6.07) is 16.7. The zero-order valence-electron chi connectivity index (χ0n) is 17.4. The van der Waals surface area contributed by atoms with Gasteiger partial charge in [-0.15, -0.1) is 11.3 Å². The first kappa shape index (κ1) is 20.9. The van der Waals surface area contributed by atoms with Crippen molar-refractivity contribution < 1.29 is 19.3 Å². The monoisotopic (exact) mass is 426 g/mol. The number of carbonyl (C=O) groups is 1. The molecule has 158 valence electrons. The summed E-state index contributed by atoms with van der Waals surface area (Å²) in [5, 5.41) is 4.11. The lowest BCUT2D eigenvalue weighted by molar-refractivity contribution is -0.921. The van der Waals surface area contributed by atoms with Gasteiger partial charge in [-0.1, -0.05) is 36.4 Å². The van der Waals surface area contributed by atoms with E-state index in [9.17, 15) is 4.79 Å². The van der Waals surface area contributed by atoms with Gasteiger partial charge in [0.05, 0.1) is 30.5 Å². The van der Waals surface area contributed by atoms with Gasteiger partial charge in [0.25, 0.3) is 5.91 Å². The number of fused-ring (bicyclic) bond motifs is 1. The summed E-state index contributed by atoms with van der Waals surface area (Å²) in [6.07, 6.45) is 0. The Morgan fingerprint density at radius 3 is 2.63 bits per heavy atom. The van der Waals surface area contributed by atoms with Gasteiger partial charge in [0.1, 0.15) is 31.2 Å². The smallest absolute Gasteiger partial charge is 0.275 e. The lowest BCUT2D eigenvalue weighted by Crippen LogP contribution is -3.12. The minimum Gasteiger partial charge on any atom is -0.370 e. The Hall–Kier alpha value is -2.32. The van der Waals surface area contributed by atoms with E-state index in [1.807, 2.05) is 25.2 Å². The lowest BCUT2D eigenvalue weighted by Gasteiger charge is -2.23. The average molecular weight is 427 g/mol. The quantitative estimate of drug-likeness (QED) is 0.477. The van der Waals surface area contributed by atoms with Crippen molar-refractivity contribution in [2.24, 2.45) is 0 Å². The maximum atomic E-state index is 12.4. The fourth-order valence-corrected chi connectivity index (χ4v) is 4.84. The molecule has 1 amide bonds. The number of rotatable bonds is 8. The van der Waals surface area contributed by atoms with Crippen LogP contribution in [0.5, 0.6) is 0 Å². The molecule has 1 unspecified atom stereocenters. The van der Waals surface area contributed by atoms with Crippen molar-refractivity contribution in [2.75, 3.05) is 39.9 Å². The highest BCUT2D eigenvalue weighted by Gasteiger charge is 2.15. The van der Waals surface area contributed by atoms with Crippen LogP contribution in [0.25, 0.3) is 10.2 Å². The number of aromatic nitrogens is 1. The predicted octanol–water partition coefficient (Wildman–Crippen LogP) is 0.0425. The van der Waals surface area contributed by atoms with Gasteiger partial charge in [-0.25, -0.2) is 4.98 Å². The van der Waals surface area contributed by atoms with E-state index in [4.69, 9.17) is 4.74 Å². The van der Waals surface area contributed by atoms with Crippen molar-refractivity contribution in [3.63, 3.8) is 0 Å². The normalized spacial score (nSPS) is 15.9. The Balaban J connectivity index is 1.21. The number of amides is 1. The van der Waals surface area contributed by atoms with Gasteiger partial charge in [-0.3, -0.25) is 4.79 Å². The minimum absolute atomic E-state index is 0.0652. The highest BCUT2D eigenvalue weighted by Crippen LogP contribution is 2.20. The largest absolute Gasteiger partial charge is 0.370 e.